The van der Waals surface area contributed by atoms with Crippen molar-refractivity contribution in [1.29, 1.82) is 0 Å². The number of halogens is 1. The number of aromatic nitrogens is 2. The minimum absolute atomic E-state index is 0.104. The molecule has 0 saturated heterocycles. The van der Waals surface area contributed by atoms with Crippen molar-refractivity contribution in [2.24, 2.45) is 13.0 Å². The Morgan fingerprint density at radius 1 is 1.62 bits per heavy atom. The number of anilines is 1. The number of rotatable bonds is 5. The van der Waals surface area contributed by atoms with Crippen LogP contribution in [0.3, 0.4) is 0 Å². The van der Waals surface area contributed by atoms with Gasteiger partial charge in [0.2, 0.25) is 0 Å². The fourth-order valence-electron chi connectivity index (χ4n) is 1.65. The van der Waals surface area contributed by atoms with Crippen molar-refractivity contribution >= 4 is 21.6 Å². The molecule has 1 N–H and O–H groups in total. The first-order valence-electron chi connectivity index (χ1n) is 5.64. The molecule has 1 saturated carbocycles. The number of aryl methyl sites for hydroxylation is 1. The molecule has 0 unspecified atom stereocenters. The highest BCUT2D eigenvalue weighted by Gasteiger charge is 2.20. The molecule has 16 heavy (non-hydrogen) atoms. The lowest BCUT2D eigenvalue weighted by Gasteiger charge is -2.08. The zero-order chi connectivity index (χ0) is 11.5. The predicted molar refractivity (Wildman–Crippen MR) is 67.6 cm³/mol. The van der Waals surface area contributed by atoms with Crippen LogP contribution in [0, 0.1) is 5.92 Å². The second kappa shape index (κ2) is 4.99. The van der Waals surface area contributed by atoms with Crippen molar-refractivity contribution in [3.05, 3.63) is 21.0 Å². The van der Waals surface area contributed by atoms with Gasteiger partial charge in [-0.1, -0.05) is 12.8 Å². The fraction of sp³-hybridized carbons (Fsp3) is 0.636. The van der Waals surface area contributed by atoms with Crippen LogP contribution in [-0.4, -0.2) is 16.3 Å². The molecule has 4 nitrogen and oxygen atoms in total. The van der Waals surface area contributed by atoms with Crippen LogP contribution in [0.5, 0.6) is 0 Å². The minimum atomic E-state index is -0.104. The standard InChI is InChI=1S/C11H16BrN3O/c1-15-11(16)10(12)9(7-14-15)13-6-2-3-8-4-5-8/h7-8,13H,2-6H2,1H3. The van der Waals surface area contributed by atoms with Crippen LogP contribution in [0.2, 0.25) is 0 Å². The van der Waals surface area contributed by atoms with Crippen LogP contribution < -0.4 is 10.9 Å². The Labute approximate surface area is 103 Å². The fourth-order valence-corrected chi connectivity index (χ4v) is 2.15. The predicted octanol–water partition coefficient (Wildman–Crippen LogP) is 2.14. The van der Waals surface area contributed by atoms with E-state index in [9.17, 15) is 4.79 Å². The molecule has 0 amide bonds. The summed E-state index contributed by atoms with van der Waals surface area (Å²) in [5, 5.41) is 7.22. The highest BCUT2D eigenvalue weighted by molar-refractivity contribution is 9.10. The van der Waals surface area contributed by atoms with E-state index < -0.39 is 0 Å². The summed E-state index contributed by atoms with van der Waals surface area (Å²) in [6, 6.07) is 0. The second-order valence-electron chi connectivity index (χ2n) is 4.31. The maximum absolute atomic E-state index is 11.6. The molecule has 1 fully saturated rings. The van der Waals surface area contributed by atoms with E-state index in [1.807, 2.05) is 0 Å². The quantitative estimate of drug-likeness (QED) is 0.844. The molecule has 1 aromatic rings. The van der Waals surface area contributed by atoms with Gasteiger partial charge in [-0.3, -0.25) is 4.79 Å². The van der Waals surface area contributed by atoms with Gasteiger partial charge in [0.05, 0.1) is 11.9 Å². The highest BCUT2D eigenvalue weighted by atomic mass is 79.9. The molecule has 0 aliphatic heterocycles. The van der Waals surface area contributed by atoms with E-state index >= 15 is 0 Å². The maximum atomic E-state index is 11.6. The average molecular weight is 286 g/mol. The van der Waals surface area contributed by atoms with E-state index in [4.69, 9.17) is 0 Å². The normalized spacial score (nSPS) is 15.1. The molecule has 88 valence electrons. The number of nitrogens with one attached hydrogen (secondary N) is 1. The third kappa shape index (κ3) is 2.84. The monoisotopic (exact) mass is 285 g/mol. The average Bonchev–Trinajstić information content (AvgIpc) is 3.08. The maximum Gasteiger partial charge on any atom is 0.282 e. The molecular weight excluding hydrogens is 270 g/mol. The topological polar surface area (TPSA) is 46.9 Å². The van der Waals surface area contributed by atoms with Crippen molar-refractivity contribution in [1.82, 2.24) is 9.78 Å². The number of hydrogen-bond donors (Lipinski definition) is 1. The lowest BCUT2D eigenvalue weighted by Crippen LogP contribution is -2.21. The first kappa shape index (κ1) is 11.6. The lowest BCUT2D eigenvalue weighted by molar-refractivity contribution is 0.682. The first-order chi connectivity index (χ1) is 7.68. The summed E-state index contributed by atoms with van der Waals surface area (Å²) in [7, 11) is 1.64. The summed E-state index contributed by atoms with van der Waals surface area (Å²) < 4.78 is 1.89. The van der Waals surface area contributed by atoms with Crippen LogP contribution in [0.25, 0.3) is 0 Å². The molecule has 0 atom stereocenters. The van der Waals surface area contributed by atoms with E-state index in [1.165, 1.54) is 23.9 Å². The van der Waals surface area contributed by atoms with Gasteiger partial charge in [-0.05, 0) is 34.7 Å². The van der Waals surface area contributed by atoms with Gasteiger partial charge < -0.3 is 5.32 Å². The van der Waals surface area contributed by atoms with Gasteiger partial charge in [0.25, 0.3) is 5.56 Å². The third-order valence-electron chi connectivity index (χ3n) is 2.88. The zero-order valence-corrected chi connectivity index (χ0v) is 11.0. The largest absolute Gasteiger partial charge is 0.383 e. The van der Waals surface area contributed by atoms with Crippen LogP contribution >= 0.6 is 15.9 Å². The van der Waals surface area contributed by atoms with Crippen LogP contribution in [-0.2, 0) is 7.05 Å². The second-order valence-corrected chi connectivity index (χ2v) is 5.11. The van der Waals surface area contributed by atoms with Gasteiger partial charge >= 0.3 is 0 Å². The summed E-state index contributed by atoms with van der Waals surface area (Å²) >= 11 is 3.29. The Kier molecular flexibility index (Phi) is 3.63. The van der Waals surface area contributed by atoms with E-state index in [1.54, 1.807) is 13.2 Å². The lowest BCUT2D eigenvalue weighted by atomic mass is 10.2. The molecule has 1 aliphatic carbocycles. The van der Waals surface area contributed by atoms with E-state index in [0.29, 0.717) is 4.47 Å². The summed E-state index contributed by atoms with van der Waals surface area (Å²) in [5.74, 6) is 0.965. The number of hydrogen-bond acceptors (Lipinski definition) is 3. The summed E-state index contributed by atoms with van der Waals surface area (Å²) in [6.07, 6.45) is 6.94. The van der Waals surface area contributed by atoms with Crippen molar-refractivity contribution in [2.75, 3.05) is 11.9 Å². The minimum Gasteiger partial charge on any atom is -0.383 e. The molecule has 1 heterocycles. The molecule has 0 spiro atoms. The Morgan fingerprint density at radius 3 is 3.06 bits per heavy atom. The molecule has 0 radical (unpaired) electrons. The molecule has 5 heteroatoms. The van der Waals surface area contributed by atoms with Crippen molar-refractivity contribution in [3.63, 3.8) is 0 Å². The van der Waals surface area contributed by atoms with Gasteiger partial charge in [-0.2, -0.15) is 5.10 Å². The Morgan fingerprint density at radius 2 is 2.38 bits per heavy atom. The molecular formula is C11H16BrN3O. The summed E-state index contributed by atoms with van der Waals surface area (Å²) in [6.45, 7) is 0.907. The molecule has 0 aromatic carbocycles. The molecule has 1 aliphatic rings. The van der Waals surface area contributed by atoms with Crippen LogP contribution in [0.15, 0.2) is 15.5 Å². The van der Waals surface area contributed by atoms with E-state index in [0.717, 1.165) is 24.6 Å². The highest BCUT2D eigenvalue weighted by Crippen LogP contribution is 2.33. The molecule has 0 bridgehead atoms. The van der Waals surface area contributed by atoms with Crippen molar-refractivity contribution in [2.45, 2.75) is 25.7 Å². The van der Waals surface area contributed by atoms with E-state index in [-0.39, 0.29) is 5.56 Å². The van der Waals surface area contributed by atoms with Crippen LogP contribution in [0.1, 0.15) is 25.7 Å². The van der Waals surface area contributed by atoms with Gasteiger partial charge in [0.1, 0.15) is 4.47 Å². The first-order valence-corrected chi connectivity index (χ1v) is 6.43. The van der Waals surface area contributed by atoms with Gasteiger partial charge in [-0.25, -0.2) is 4.68 Å². The SMILES string of the molecule is Cn1ncc(NCCCC2CC2)c(Br)c1=O. The van der Waals surface area contributed by atoms with Gasteiger partial charge in [-0.15, -0.1) is 0 Å². The third-order valence-corrected chi connectivity index (χ3v) is 3.65. The Hall–Kier alpha value is -0.840. The van der Waals surface area contributed by atoms with E-state index in [2.05, 4.69) is 26.3 Å². The van der Waals surface area contributed by atoms with Gasteiger partial charge in [0.15, 0.2) is 0 Å². The van der Waals surface area contributed by atoms with Gasteiger partial charge in [0, 0.05) is 13.6 Å². The Balaban J connectivity index is 1.88. The smallest absolute Gasteiger partial charge is 0.282 e. The van der Waals surface area contributed by atoms with Crippen molar-refractivity contribution < 1.29 is 0 Å². The summed E-state index contributed by atoms with van der Waals surface area (Å²) in [5.41, 5.74) is 0.686. The molecule has 2 rings (SSSR count). The Bertz CT molecular complexity index is 426. The zero-order valence-electron chi connectivity index (χ0n) is 9.37. The number of nitrogens with zero attached hydrogens (tertiary/aromatic N) is 2. The molecule has 1 aromatic heterocycles. The summed E-state index contributed by atoms with van der Waals surface area (Å²) in [4.78, 5) is 11.6. The van der Waals surface area contributed by atoms with Crippen molar-refractivity contribution in [3.8, 4) is 0 Å². The van der Waals surface area contributed by atoms with Crippen LogP contribution in [0.4, 0.5) is 5.69 Å².